The fourth-order valence-corrected chi connectivity index (χ4v) is 3.60. The molecule has 0 radical (unpaired) electrons. The second kappa shape index (κ2) is 6.08. The van der Waals surface area contributed by atoms with Crippen molar-refractivity contribution in [1.82, 2.24) is 0 Å². The zero-order valence-electron chi connectivity index (χ0n) is 10.6. The van der Waals surface area contributed by atoms with Crippen molar-refractivity contribution in [3.8, 4) is 0 Å². The van der Waals surface area contributed by atoms with Crippen LogP contribution in [0.4, 0.5) is 11.4 Å². The molecule has 0 unspecified atom stereocenters. The lowest BCUT2D eigenvalue weighted by Gasteiger charge is -2.08. The van der Waals surface area contributed by atoms with Gasteiger partial charge in [0.1, 0.15) is 4.21 Å². The lowest BCUT2D eigenvalue weighted by atomic mass is 10.3. The van der Waals surface area contributed by atoms with Gasteiger partial charge in [0.25, 0.3) is 10.0 Å². The SMILES string of the molecule is CCCNc1ccc(NS(=O)(=O)c2cccs2)cc1. The molecule has 1 heterocycles. The maximum absolute atomic E-state index is 12.0. The average molecular weight is 296 g/mol. The molecule has 0 bridgehead atoms. The number of nitrogens with one attached hydrogen (secondary N) is 2. The van der Waals surface area contributed by atoms with Gasteiger partial charge in [-0.1, -0.05) is 13.0 Å². The van der Waals surface area contributed by atoms with Crippen LogP contribution in [0.15, 0.2) is 46.0 Å². The second-order valence-corrected chi connectivity index (χ2v) is 6.90. The van der Waals surface area contributed by atoms with Gasteiger partial charge >= 0.3 is 0 Å². The van der Waals surface area contributed by atoms with E-state index in [0.29, 0.717) is 9.90 Å². The summed E-state index contributed by atoms with van der Waals surface area (Å²) in [5.74, 6) is 0. The van der Waals surface area contributed by atoms with Gasteiger partial charge in [0.15, 0.2) is 0 Å². The molecule has 102 valence electrons. The highest BCUT2D eigenvalue weighted by molar-refractivity contribution is 7.94. The van der Waals surface area contributed by atoms with Gasteiger partial charge in [-0.15, -0.1) is 11.3 Å². The van der Waals surface area contributed by atoms with E-state index in [1.807, 2.05) is 12.1 Å². The van der Waals surface area contributed by atoms with Crippen molar-refractivity contribution in [3.63, 3.8) is 0 Å². The van der Waals surface area contributed by atoms with Gasteiger partial charge in [-0.25, -0.2) is 8.42 Å². The monoisotopic (exact) mass is 296 g/mol. The third-order valence-electron chi connectivity index (χ3n) is 2.48. The molecule has 0 spiro atoms. The van der Waals surface area contributed by atoms with Crippen molar-refractivity contribution < 1.29 is 8.42 Å². The van der Waals surface area contributed by atoms with E-state index < -0.39 is 10.0 Å². The van der Waals surface area contributed by atoms with Crippen molar-refractivity contribution in [2.45, 2.75) is 17.6 Å². The van der Waals surface area contributed by atoms with Crippen molar-refractivity contribution >= 4 is 32.7 Å². The molecule has 2 aromatic rings. The predicted octanol–water partition coefficient (Wildman–Crippen LogP) is 3.37. The van der Waals surface area contributed by atoms with Gasteiger partial charge in [0.05, 0.1) is 0 Å². The molecule has 0 aliphatic carbocycles. The number of hydrogen-bond acceptors (Lipinski definition) is 4. The molecular formula is C13H16N2O2S2. The van der Waals surface area contributed by atoms with Crippen LogP contribution >= 0.6 is 11.3 Å². The summed E-state index contributed by atoms with van der Waals surface area (Å²) in [7, 11) is -3.45. The summed E-state index contributed by atoms with van der Waals surface area (Å²) in [6, 6.07) is 10.5. The number of benzene rings is 1. The molecule has 0 saturated heterocycles. The van der Waals surface area contributed by atoms with Gasteiger partial charge in [-0.3, -0.25) is 4.72 Å². The predicted molar refractivity (Wildman–Crippen MR) is 80.4 cm³/mol. The highest BCUT2D eigenvalue weighted by Crippen LogP contribution is 2.21. The third-order valence-corrected chi connectivity index (χ3v) is 5.25. The molecule has 2 rings (SSSR count). The summed E-state index contributed by atoms with van der Waals surface area (Å²) < 4.78 is 26.9. The van der Waals surface area contributed by atoms with E-state index in [0.717, 1.165) is 18.7 Å². The first-order valence-corrected chi connectivity index (χ1v) is 8.38. The Bertz CT molecular complexity index is 605. The Labute approximate surface area is 117 Å². The van der Waals surface area contributed by atoms with E-state index in [1.165, 1.54) is 11.3 Å². The second-order valence-electron chi connectivity index (χ2n) is 4.04. The molecule has 0 fully saturated rings. The maximum Gasteiger partial charge on any atom is 0.271 e. The zero-order valence-corrected chi connectivity index (χ0v) is 12.2. The Hall–Kier alpha value is -1.53. The minimum atomic E-state index is -3.45. The zero-order chi connectivity index (χ0) is 13.7. The van der Waals surface area contributed by atoms with Crippen molar-refractivity contribution in [1.29, 1.82) is 0 Å². The highest BCUT2D eigenvalue weighted by Gasteiger charge is 2.14. The minimum absolute atomic E-state index is 0.320. The first-order valence-electron chi connectivity index (χ1n) is 6.02. The van der Waals surface area contributed by atoms with Crippen LogP contribution in [0.1, 0.15) is 13.3 Å². The van der Waals surface area contributed by atoms with Gasteiger partial charge in [0, 0.05) is 17.9 Å². The molecule has 1 aromatic heterocycles. The summed E-state index contributed by atoms with van der Waals surface area (Å²) in [6.07, 6.45) is 1.05. The van der Waals surface area contributed by atoms with Crippen LogP contribution in [0, 0.1) is 0 Å². The highest BCUT2D eigenvalue weighted by atomic mass is 32.2. The Morgan fingerprint density at radius 3 is 2.37 bits per heavy atom. The van der Waals surface area contributed by atoms with E-state index in [4.69, 9.17) is 0 Å². The maximum atomic E-state index is 12.0. The van der Waals surface area contributed by atoms with Gasteiger partial charge in [0.2, 0.25) is 0 Å². The van der Waals surface area contributed by atoms with Crippen molar-refractivity contribution in [3.05, 3.63) is 41.8 Å². The molecule has 1 aromatic carbocycles. The summed E-state index contributed by atoms with van der Waals surface area (Å²) in [4.78, 5) is 0. The molecule has 19 heavy (non-hydrogen) atoms. The molecular weight excluding hydrogens is 280 g/mol. The fourth-order valence-electron chi connectivity index (χ4n) is 1.55. The van der Waals surface area contributed by atoms with Crippen LogP contribution in [0.25, 0.3) is 0 Å². The summed E-state index contributed by atoms with van der Waals surface area (Å²) >= 11 is 1.20. The van der Waals surface area contributed by atoms with E-state index >= 15 is 0 Å². The standard InChI is InChI=1S/C13H16N2O2S2/c1-2-9-14-11-5-7-12(8-6-11)15-19(16,17)13-4-3-10-18-13/h3-8,10,14-15H,2,9H2,1H3. The molecule has 4 nitrogen and oxygen atoms in total. The largest absolute Gasteiger partial charge is 0.385 e. The van der Waals surface area contributed by atoms with Gasteiger partial charge in [-0.2, -0.15) is 0 Å². The number of anilines is 2. The first-order chi connectivity index (χ1) is 9.12. The number of rotatable bonds is 6. The number of thiophene rings is 1. The third kappa shape index (κ3) is 3.71. The van der Waals surface area contributed by atoms with E-state index in [9.17, 15) is 8.42 Å². The summed E-state index contributed by atoms with van der Waals surface area (Å²) in [5.41, 5.74) is 1.55. The fraction of sp³-hybridized carbons (Fsp3) is 0.231. The molecule has 2 N–H and O–H groups in total. The smallest absolute Gasteiger partial charge is 0.271 e. The topological polar surface area (TPSA) is 58.2 Å². The summed E-state index contributed by atoms with van der Waals surface area (Å²) in [6.45, 7) is 3.00. The lowest BCUT2D eigenvalue weighted by molar-refractivity contribution is 0.603. The van der Waals surface area contributed by atoms with E-state index in [1.54, 1.807) is 29.6 Å². The van der Waals surface area contributed by atoms with Crippen LogP contribution in [-0.2, 0) is 10.0 Å². The first kappa shape index (κ1) is 13.9. The van der Waals surface area contributed by atoms with Crippen LogP contribution in [0.2, 0.25) is 0 Å². The Morgan fingerprint density at radius 1 is 1.11 bits per heavy atom. The van der Waals surface area contributed by atoms with Gasteiger partial charge < -0.3 is 5.32 Å². The Balaban J connectivity index is 2.07. The minimum Gasteiger partial charge on any atom is -0.385 e. The molecule has 0 amide bonds. The van der Waals surface area contributed by atoms with Crippen molar-refractivity contribution in [2.75, 3.05) is 16.6 Å². The molecule has 0 atom stereocenters. The van der Waals surface area contributed by atoms with Gasteiger partial charge in [-0.05, 0) is 42.1 Å². The number of hydrogen-bond donors (Lipinski definition) is 2. The Morgan fingerprint density at radius 2 is 1.79 bits per heavy atom. The molecule has 6 heteroatoms. The van der Waals surface area contributed by atoms with Crippen LogP contribution in [-0.4, -0.2) is 15.0 Å². The van der Waals surface area contributed by atoms with E-state index in [2.05, 4.69) is 17.0 Å². The van der Waals surface area contributed by atoms with Crippen LogP contribution in [0.5, 0.6) is 0 Å². The quantitative estimate of drug-likeness (QED) is 0.859. The van der Waals surface area contributed by atoms with Crippen LogP contribution < -0.4 is 10.0 Å². The van der Waals surface area contributed by atoms with E-state index in [-0.39, 0.29) is 0 Å². The molecule has 0 aliphatic rings. The number of sulfonamides is 1. The average Bonchev–Trinajstić information content (AvgIpc) is 2.92. The summed E-state index contributed by atoms with van der Waals surface area (Å²) in [5, 5.41) is 4.98. The molecule has 0 saturated carbocycles. The molecule has 0 aliphatic heterocycles. The lowest BCUT2D eigenvalue weighted by Crippen LogP contribution is -2.11. The van der Waals surface area contributed by atoms with Crippen LogP contribution in [0.3, 0.4) is 0 Å². The van der Waals surface area contributed by atoms with Crippen molar-refractivity contribution in [2.24, 2.45) is 0 Å². The normalized spacial score (nSPS) is 11.2. The Kier molecular flexibility index (Phi) is 4.44.